The Labute approximate surface area is 177 Å². The van der Waals surface area contributed by atoms with Crippen LogP contribution < -0.4 is 10.1 Å². The van der Waals surface area contributed by atoms with Crippen LogP contribution in [0, 0.1) is 13.8 Å². The minimum atomic E-state index is -0.198. The summed E-state index contributed by atoms with van der Waals surface area (Å²) in [6.45, 7) is 8.38. The lowest BCUT2D eigenvalue weighted by Crippen LogP contribution is -2.57. The first-order valence-electron chi connectivity index (χ1n) is 10.8. The SMILES string of the molecule is Cc1ccc(OCc2cc(C(=O)NCC3(N4CCOCC4)CCCC3)no2)cc1C. The summed E-state index contributed by atoms with van der Waals surface area (Å²) in [5.74, 6) is 1.10. The number of rotatable bonds is 7. The molecule has 1 saturated carbocycles. The molecule has 162 valence electrons. The smallest absolute Gasteiger partial charge is 0.273 e. The average Bonchev–Trinajstić information content (AvgIpc) is 3.44. The normalized spacial score (nSPS) is 19.0. The number of carbonyl (C=O) groups is 1. The van der Waals surface area contributed by atoms with Gasteiger partial charge in [0, 0.05) is 31.2 Å². The Morgan fingerprint density at radius 2 is 1.93 bits per heavy atom. The van der Waals surface area contributed by atoms with Crippen LogP contribution in [0.2, 0.25) is 0 Å². The van der Waals surface area contributed by atoms with Crippen LogP contribution >= 0.6 is 0 Å². The second-order valence-corrected chi connectivity index (χ2v) is 8.43. The number of aryl methyl sites for hydroxylation is 2. The Hall–Kier alpha value is -2.38. The van der Waals surface area contributed by atoms with Gasteiger partial charge in [0.1, 0.15) is 12.4 Å². The molecule has 2 aromatic rings. The fourth-order valence-electron chi connectivity index (χ4n) is 4.46. The number of morpholine rings is 1. The molecule has 7 nitrogen and oxygen atoms in total. The molecule has 1 amide bonds. The molecular weight excluding hydrogens is 382 g/mol. The fourth-order valence-corrected chi connectivity index (χ4v) is 4.46. The van der Waals surface area contributed by atoms with E-state index in [0.29, 0.717) is 18.0 Å². The van der Waals surface area contributed by atoms with Gasteiger partial charge in [0.15, 0.2) is 11.5 Å². The molecule has 2 fully saturated rings. The highest BCUT2D eigenvalue weighted by molar-refractivity contribution is 5.92. The molecule has 1 aliphatic heterocycles. The number of carbonyl (C=O) groups excluding carboxylic acids is 1. The van der Waals surface area contributed by atoms with Gasteiger partial charge < -0.3 is 19.3 Å². The van der Waals surface area contributed by atoms with Gasteiger partial charge in [-0.2, -0.15) is 0 Å². The van der Waals surface area contributed by atoms with Crippen molar-refractivity contribution in [2.24, 2.45) is 0 Å². The van der Waals surface area contributed by atoms with Gasteiger partial charge >= 0.3 is 0 Å². The standard InChI is InChI=1S/C23H31N3O4/c1-17-5-6-19(13-18(17)2)29-15-20-14-21(25-30-20)22(27)24-16-23(7-3-4-8-23)26-9-11-28-12-10-26/h5-6,13-14H,3-4,7-12,15-16H2,1-2H3,(H,24,27). The molecule has 0 unspecified atom stereocenters. The quantitative estimate of drug-likeness (QED) is 0.751. The Bertz CT molecular complexity index is 867. The van der Waals surface area contributed by atoms with Gasteiger partial charge in [-0.1, -0.05) is 24.1 Å². The molecule has 0 spiro atoms. The first kappa shape index (κ1) is 20.9. The number of hydrogen-bond donors (Lipinski definition) is 1. The topological polar surface area (TPSA) is 76.8 Å². The lowest BCUT2D eigenvalue weighted by atomic mass is 9.94. The molecular formula is C23H31N3O4. The summed E-state index contributed by atoms with van der Waals surface area (Å²) in [6.07, 6.45) is 4.64. The molecule has 2 aliphatic rings. The zero-order valence-electron chi connectivity index (χ0n) is 17.9. The van der Waals surface area contributed by atoms with Gasteiger partial charge in [0.25, 0.3) is 5.91 Å². The van der Waals surface area contributed by atoms with Crippen LogP contribution in [0.15, 0.2) is 28.8 Å². The number of hydrogen-bond acceptors (Lipinski definition) is 6. The second kappa shape index (κ2) is 9.18. The summed E-state index contributed by atoms with van der Waals surface area (Å²) in [4.78, 5) is 15.2. The van der Waals surface area contributed by atoms with Gasteiger partial charge in [-0.25, -0.2) is 0 Å². The van der Waals surface area contributed by atoms with Crippen LogP contribution in [-0.2, 0) is 11.3 Å². The Morgan fingerprint density at radius 3 is 2.67 bits per heavy atom. The third kappa shape index (κ3) is 4.68. The molecule has 0 atom stereocenters. The van der Waals surface area contributed by atoms with Crippen molar-refractivity contribution in [3.8, 4) is 5.75 Å². The molecule has 4 rings (SSSR count). The van der Waals surface area contributed by atoms with Crippen LogP contribution in [0.4, 0.5) is 0 Å². The van der Waals surface area contributed by atoms with Crippen molar-refractivity contribution in [1.29, 1.82) is 0 Å². The summed E-state index contributed by atoms with van der Waals surface area (Å²) >= 11 is 0. The molecule has 7 heteroatoms. The molecule has 30 heavy (non-hydrogen) atoms. The number of ether oxygens (including phenoxy) is 2. The van der Waals surface area contributed by atoms with Crippen molar-refractivity contribution < 1.29 is 18.8 Å². The van der Waals surface area contributed by atoms with Gasteiger partial charge in [-0.15, -0.1) is 0 Å². The summed E-state index contributed by atoms with van der Waals surface area (Å²) in [5, 5.41) is 7.03. The van der Waals surface area contributed by atoms with Crippen molar-refractivity contribution in [3.05, 3.63) is 46.8 Å². The molecule has 1 N–H and O–H groups in total. The van der Waals surface area contributed by atoms with Crippen LogP contribution in [-0.4, -0.2) is 54.4 Å². The van der Waals surface area contributed by atoms with Crippen molar-refractivity contribution in [1.82, 2.24) is 15.4 Å². The van der Waals surface area contributed by atoms with E-state index in [2.05, 4.69) is 22.3 Å². The van der Waals surface area contributed by atoms with Crippen molar-refractivity contribution in [2.75, 3.05) is 32.8 Å². The highest BCUT2D eigenvalue weighted by Gasteiger charge is 2.40. The van der Waals surface area contributed by atoms with Crippen LogP contribution in [0.5, 0.6) is 5.75 Å². The average molecular weight is 414 g/mol. The Morgan fingerprint density at radius 1 is 1.17 bits per heavy atom. The number of nitrogens with zero attached hydrogens (tertiary/aromatic N) is 2. The van der Waals surface area contributed by atoms with E-state index in [0.717, 1.165) is 44.9 Å². The van der Waals surface area contributed by atoms with Crippen LogP contribution in [0.1, 0.15) is 53.1 Å². The van der Waals surface area contributed by atoms with E-state index in [1.807, 2.05) is 25.1 Å². The Kier molecular flexibility index (Phi) is 6.39. The maximum absolute atomic E-state index is 12.7. The minimum absolute atomic E-state index is 0.0401. The minimum Gasteiger partial charge on any atom is -0.486 e. The molecule has 1 aromatic carbocycles. The third-order valence-electron chi connectivity index (χ3n) is 6.45. The predicted molar refractivity (Wildman–Crippen MR) is 113 cm³/mol. The van der Waals surface area contributed by atoms with E-state index in [1.165, 1.54) is 24.0 Å². The largest absolute Gasteiger partial charge is 0.486 e. The zero-order valence-corrected chi connectivity index (χ0v) is 17.9. The zero-order chi connectivity index (χ0) is 21.0. The van der Waals surface area contributed by atoms with Crippen molar-refractivity contribution in [2.45, 2.75) is 51.7 Å². The van der Waals surface area contributed by atoms with Crippen molar-refractivity contribution in [3.63, 3.8) is 0 Å². The lowest BCUT2D eigenvalue weighted by Gasteiger charge is -2.43. The van der Waals surface area contributed by atoms with E-state index < -0.39 is 0 Å². The second-order valence-electron chi connectivity index (χ2n) is 8.43. The molecule has 2 heterocycles. The molecule has 0 bridgehead atoms. The van der Waals surface area contributed by atoms with Gasteiger partial charge in [-0.05, 0) is 49.9 Å². The highest BCUT2D eigenvalue weighted by Crippen LogP contribution is 2.35. The summed E-state index contributed by atoms with van der Waals surface area (Å²) in [7, 11) is 0. The monoisotopic (exact) mass is 413 g/mol. The van der Waals surface area contributed by atoms with E-state index in [4.69, 9.17) is 14.0 Å². The first-order chi connectivity index (χ1) is 14.6. The summed E-state index contributed by atoms with van der Waals surface area (Å²) in [5.41, 5.74) is 2.73. The molecule has 0 radical (unpaired) electrons. The Balaban J connectivity index is 1.32. The van der Waals surface area contributed by atoms with E-state index in [1.54, 1.807) is 6.07 Å². The van der Waals surface area contributed by atoms with E-state index in [-0.39, 0.29) is 18.1 Å². The van der Waals surface area contributed by atoms with E-state index >= 15 is 0 Å². The number of nitrogens with one attached hydrogen (secondary N) is 1. The van der Waals surface area contributed by atoms with Gasteiger partial charge in [-0.3, -0.25) is 9.69 Å². The molecule has 1 aromatic heterocycles. The van der Waals surface area contributed by atoms with Gasteiger partial charge in [0.2, 0.25) is 0 Å². The number of aromatic nitrogens is 1. The summed E-state index contributed by atoms with van der Waals surface area (Å²) in [6, 6.07) is 7.61. The lowest BCUT2D eigenvalue weighted by molar-refractivity contribution is -0.0199. The van der Waals surface area contributed by atoms with Crippen LogP contribution in [0.3, 0.4) is 0 Å². The third-order valence-corrected chi connectivity index (χ3v) is 6.45. The maximum atomic E-state index is 12.7. The van der Waals surface area contributed by atoms with Crippen LogP contribution in [0.25, 0.3) is 0 Å². The predicted octanol–water partition coefficient (Wildman–Crippen LogP) is 3.25. The maximum Gasteiger partial charge on any atom is 0.273 e. The molecule has 1 aliphatic carbocycles. The number of benzene rings is 1. The highest BCUT2D eigenvalue weighted by atomic mass is 16.5. The van der Waals surface area contributed by atoms with E-state index in [9.17, 15) is 4.79 Å². The van der Waals surface area contributed by atoms with Gasteiger partial charge in [0.05, 0.1) is 13.2 Å². The van der Waals surface area contributed by atoms with Crippen molar-refractivity contribution >= 4 is 5.91 Å². The fraction of sp³-hybridized carbons (Fsp3) is 0.565. The first-order valence-corrected chi connectivity index (χ1v) is 10.8. The molecule has 1 saturated heterocycles. The number of amides is 1. The summed E-state index contributed by atoms with van der Waals surface area (Å²) < 4.78 is 16.6.